The van der Waals surface area contributed by atoms with Crippen LogP contribution in [0.15, 0.2) is 53.7 Å². The number of oxime groups is 1. The van der Waals surface area contributed by atoms with Gasteiger partial charge in [-0.3, -0.25) is 9.59 Å². The van der Waals surface area contributed by atoms with Gasteiger partial charge in [-0.2, -0.15) is 0 Å². The summed E-state index contributed by atoms with van der Waals surface area (Å²) in [7, 11) is 2.77. The van der Waals surface area contributed by atoms with Crippen molar-refractivity contribution in [1.29, 1.82) is 0 Å². The van der Waals surface area contributed by atoms with Crippen LogP contribution in [0.4, 0.5) is 5.69 Å². The maximum atomic E-state index is 12.4. The highest BCUT2D eigenvalue weighted by Crippen LogP contribution is 2.22. The molecule has 0 aliphatic rings. The Labute approximate surface area is 162 Å². The first kappa shape index (κ1) is 20.6. The number of ketones is 1. The van der Waals surface area contributed by atoms with E-state index in [9.17, 15) is 14.4 Å². The molecule has 0 bridgehead atoms. The zero-order valence-electron chi connectivity index (χ0n) is 15.7. The molecule has 0 unspecified atom stereocenters. The minimum absolute atomic E-state index is 0.0141. The van der Waals surface area contributed by atoms with Gasteiger partial charge in [0.1, 0.15) is 12.4 Å². The van der Waals surface area contributed by atoms with E-state index in [0.29, 0.717) is 22.6 Å². The van der Waals surface area contributed by atoms with Gasteiger partial charge in [-0.1, -0.05) is 29.4 Å². The molecule has 0 aromatic heterocycles. The summed E-state index contributed by atoms with van der Waals surface area (Å²) >= 11 is 0. The normalized spacial score (nSPS) is 10.8. The highest BCUT2D eigenvalue weighted by Gasteiger charge is 2.19. The van der Waals surface area contributed by atoms with Gasteiger partial charge in [0.2, 0.25) is 5.71 Å². The van der Waals surface area contributed by atoms with E-state index >= 15 is 0 Å². The zero-order chi connectivity index (χ0) is 20.5. The summed E-state index contributed by atoms with van der Waals surface area (Å²) < 4.78 is 9.78. The Balaban J connectivity index is 2.04. The largest absolute Gasteiger partial charge is 0.495 e. The van der Waals surface area contributed by atoms with Crippen LogP contribution in [0.5, 0.6) is 5.75 Å². The minimum Gasteiger partial charge on any atom is -0.495 e. The molecule has 0 radical (unpaired) electrons. The van der Waals surface area contributed by atoms with Crippen LogP contribution in [-0.2, 0) is 25.8 Å². The topological polar surface area (TPSA) is 103 Å². The number of amides is 1. The Morgan fingerprint density at radius 2 is 1.68 bits per heavy atom. The Kier molecular flexibility index (Phi) is 7.27. The number of carbonyl (C=O) groups is 3. The Hall–Kier alpha value is -3.68. The predicted molar refractivity (Wildman–Crippen MR) is 102 cm³/mol. The van der Waals surface area contributed by atoms with Crippen molar-refractivity contribution < 1.29 is 28.7 Å². The number of esters is 1. The number of nitrogens with one attached hydrogen (secondary N) is 1. The number of para-hydroxylation sites is 2. The molecule has 0 heterocycles. The number of carbonyl (C=O) groups excluding carboxylic acids is 3. The summed E-state index contributed by atoms with van der Waals surface area (Å²) in [5.41, 5.74) is 1.12. The van der Waals surface area contributed by atoms with Gasteiger partial charge in [-0.25, -0.2) is 4.79 Å². The van der Waals surface area contributed by atoms with E-state index in [-0.39, 0.29) is 12.3 Å². The number of hydrogen-bond acceptors (Lipinski definition) is 7. The number of Topliss-reactive ketones (excluding diaryl/α,β-unsaturated/α-hetero) is 1. The third-order valence-corrected chi connectivity index (χ3v) is 3.67. The number of benzene rings is 2. The minimum atomic E-state index is -0.710. The van der Waals surface area contributed by atoms with E-state index in [1.165, 1.54) is 21.1 Å². The van der Waals surface area contributed by atoms with Crippen LogP contribution in [0.25, 0.3) is 0 Å². The third-order valence-electron chi connectivity index (χ3n) is 3.67. The summed E-state index contributed by atoms with van der Waals surface area (Å²) in [5.74, 6) is -1.26. The molecule has 0 fully saturated rings. The molecule has 8 nitrogen and oxygen atoms in total. The van der Waals surface area contributed by atoms with Gasteiger partial charge in [0, 0.05) is 6.92 Å². The molecule has 2 aromatic rings. The first-order chi connectivity index (χ1) is 13.5. The van der Waals surface area contributed by atoms with Gasteiger partial charge in [0.15, 0.2) is 5.78 Å². The van der Waals surface area contributed by atoms with E-state index in [4.69, 9.17) is 9.57 Å². The van der Waals surface area contributed by atoms with Crippen LogP contribution in [0.2, 0.25) is 0 Å². The zero-order valence-corrected chi connectivity index (χ0v) is 15.7. The number of rotatable bonds is 8. The molecular weight excluding hydrogens is 364 g/mol. The Bertz CT molecular complexity index is 890. The van der Waals surface area contributed by atoms with Gasteiger partial charge >= 0.3 is 5.97 Å². The lowest BCUT2D eigenvalue weighted by Gasteiger charge is -2.10. The van der Waals surface area contributed by atoms with Crippen molar-refractivity contribution in [2.24, 2.45) is 5.16 Å². The summed E-state index contributed by atoms with van der Waals surface area (Å²) in [6.07, 6.45) is 0. The van der Waals surface area contributed by atoms with Crippen LogP contribution in [0.3, 0.4) is 0 Å². The van der Waals surface area contributed by atoms with Crippen LogP contribution in [-0.4, -0.2) is 37.6 Å². The lowest BCUT2D eigenvalue weighted by atomic mass is 10.1. The van der Waals surface area contributed by atoms with E-state index in [1.807, 2.05) is 0 Å². The fourth-order valence-corrected chi connectivity index (χ4v) is 2.22. The van der Waals surface area contributed by atoms with Gasteiger partial charge in [-0.05, 0) is 29.8 Å². The second-order valence-corrected chi connectivity index (χ2v) is 5.61. The number of anilines is 1. The van der Waals surface area contributed by atoms with E-state index in [1.54, 1.807) is 48.5 Å². The van der Waals surface area contributed by atoms with Crippen molar-refractivity contribution in [3.05, 3.63) is 59.7 Å². The molecule has 0 saturated heterocycles. The Morgan fingerprint density at radius 1 is 1.00 bits per heavy atom. The highest BCUT2D eigenvalue weighted by atomic mass is 16.6. The lowest BCUT2D eigenvalue weighted by Crippen LogP contribution is -2.29. The molecule has 0 atom stereocenters. The molecule has 0 saturated carbocycles. The summed E-state index contributed by atoms with van der Waals surface area (Å²) in [6, 6.07) is 13.3. The predicted octanol–water partition coefficient (Wildman–Crippen LogP) is 2.58. The second-order valence-electron chi connectivity index (χ2n) is 5.61. The molecule has 28 heavy (non-hydrogen) atoms. The maximum absolute atomic E-state index is 12.4. The fourth-order valence-electron chi connectivity index (χ4n) is 2.22. The van der Waals surface area contributed by atoms with Crippen molar-refractivity contribution in [2.45, 2.75) is 13.5 Å². The monoisotopic (exact) mass is 384 g/mol. The van der Waals surface area contributed by atoms with Crippen molar-refractivity contribution in [1.82, 2.24) is 0 Å². The fraction of sp³-hybridized carbons (Fsp3) is 0.200. The van der Waals surface area contributed by atoms with Crippen molar-refractivity contribution in [3.63, 3.8) is 0 Å². The van der Waals surface area contributed by atoms with Crippen LogP contribution in [0, 0.1) is 0 Å². The van der Waals surface area contributed by atoms with Crippen LogP contribution in [0.1, 0.15) is 22.8 Å². The molecule has 146 valence electrons. The molecule has 2 aromatic carbocycles. The number of methoxy groups -OCH3 is 2. The van der Waals surface area contributed by atoms with Gasteiger partial charge in [-0.15, -0.1) is 0 Å². The average molecular weight is 384 g/mol. The highest BCUT2D eigenvalue weighted by molar-refractivity contribution is 6.67. The molecule has 2 rings (SSSR count). The number of hydrogen-bond donors (Lipinski definition) is 1. The van der Waals surface area contributed by atoms with Crippen LogP contribution < -0.4 is 10.1 Å². The third kappa shape index (κ3) is 5.41. The first-order valence-corrected chi connectivity index (χ1v) is 8.28. The van der Waals surface area contributed by atoms with Gasteiger partial charge < -0.3 is 19.6 Å². The standard InChI is InChI=1S/C20H20N2O6/c1-13(23)18(19(24)21-16-6-4-5-7-17(16)26-2)22-28-12-14-8-10-15(11-9-14)20(25)27-3/h4-11H,12H2,1-3H3,(H,21,24). The van der Waals surface area contributed by atoms with Crippen molar-refractivity contribution in [2.75, 3.05) is 19.5 Å². The Morgan fingerprint density at radius 3 is 2.29 bits per heavy atom. The summed E-state index contributed by atoms with van der Waals surface area (Å²) in [6.45, 7) is 1.23. The molecule has 1 N–H and O–H groups in total. The molecule has 0 aliphatic carbocycles. The van der Waals surface area contributed by atoms with Crippen molar-refractivity contribution in [3.8, 4) is 5.75 Å². The lowest BCUT2D eigenvalue weighted by molar-refractivity contribution is -0.114. The molecule has 1 amide bonds. The molecular formula is C20H20N2O6. The number of nitrogens with zero attached hydrogens (tertiary/aromatic N) is 1. The second kappa shape index (κ2) is 9.86. The van der Waals surface area contributed by atoms with Gasteiger partial charge in [0.25, 0.3) is 5.91 Å². The smallest absolute Gasteiger partial charge is 0.337 e. The number of ether oxygens (including phenoxy) is 2. The molecule has 0 spiro atoms. The summed E-state index contributed by atoms with van der Waals surface area (Å²) in [5, 5.41) is 6.24. The quantitative estimate of drug-likeness (QED) is 0.325. The van der Waals surface area contributed by atoms with E-state index in [0.717, 1.165) is 0 Å². The molecule has 0 aliphatic heterocycles. The van der Waals surface area contributed by atoms with E-state index < -0.39 is 17.7 Å². The van der Waals surface area contributed by atoms with Crippen molar-refractivity contribution >= 4 is 29.1 Å². The molecule has 8 heteroatoms. The first-order valence-electron chi connectivity index (χ1n) is 8.28. The van der Waals surface area contributed by atoms with E-state index in [2.05, 4.69) is 15.2 Å². The van der Waals surface area contributed by atoms with Crippen LogP contribution >= 0.6 is 0 Å². The SMILES string of the molecule is COC(=O)c1ccc(CON=C(C(C)=O)C(=O)Nc2ccccc2OC)cc1. The summed E-state index contributed by atoms with van der Waals surface area (Å²) in [4.78, 5) is 40.7. The average Bonchev–Trinajstić information content (AvgIpc) is 2.71. The van der Waals surface area contributed by atoms with Gasteiger partial charge in [0.05, 0.1) is 25.5 Å². The maximum Gasteiger partial charge on any atom is 0.337 e.